The number of benzene rings is 1. The maximum atomic E-state index is 11.8. The highest BCUT2D eigenvalue weighted by Crippen LogP contribution is 2.28. The van der Waals surface area contributed by atoms with E-state index in [2.05, 4.69) is 20.9 Å². The van der Waals surface area contributed by atoms with Gasteiger partial charge in [0, 0.05) is 17.7 Å². The lowest BCUT2D eigenvalue weighted by molar-refractivity contribution is -0.384. The van der Waals surface area contributed by atoms with Gasteiger partial charge in [-0.1, -0.05) is 11.6 Å². The van der Waals surface area contributed by atoms with Crippen LogP contribution in [0.2, 0.25) is 5.02 Å². The molecule has 0 atom stereocenters. The van der Waals surface area contributed by atoms with Gasteiger partial charge >= 0.3 is 5.97 Å². The maximum Gasteiger partial charge on any atom is 0.363 e. The SMILES string of the molecule is O=C1OC(c2ccc(Cl)c([N+](=O)[O-])c2)=N/C1=C\c1ccc(Br)o1. The van der Waals surface area contributed by atoms with Crippen molar-refractivity contribution in [2.75, 3.05) is 0 Å². The number of nitrogens with zero attached hydrogens (tertiary/aromatic N) is 2. The fourth-order valence-electron chi connectivity index (χ4n) is 1.86. The van der Waals surface area contributed by atoms with Gasteiger partial charge in [-0.3, -0.25) is 10.1 Å². The molecule has 7 nitrogen and oxygen atoms in total. The standard InChI is InChI=1S/C14H6BrClN2O5/c15-12-4-2-8(22-12)6-10-14(19)23-13(17-10)7-1-3-9(16)11(5-7)18(20)21/h1-6H/b10-6-. The first-order valence-electron chi connectivity index (χ1n) is 6.16. The minimum Gasteiger partial charge on any atom is -0.450 e. The molecule has 1 aliphatic heterocycles. The van der Waals surface area contributed by atoms with Crippen molar-refractivity contribution in [3.63, 3.8) is 0 Å². The lowest BCUT2D eigenvalue weighted by atomic mass is 10.2. The van der Waals surface area contributed by atoms with Crippen molar-refractivity contribution < 1.29 is 18.9 Å². The van der Waals surface area contributed by atoms with E-state index in [0.29, 0.717) is 10.4 Å². The van der Waals surface area contributed by atoms with E-state index < -0.39 is 10.9 Å². The number of carbonyl (C=O) groups excluding carboxylic acids is 1. The van der Waals surface area contributed by atoms with Crippen LogP contribution in [0.4, 0.5) is 5.69 Å². The van der Waals surface area contributed by atoms with Crippen LogP contribution in [0, 0.1) is 10.1 Å². The molecule has 2 aromatic rings. The summed E-state index contributed by atoms with van der Waals surface area (Å²) in [5, 5.41) is 10.9. The number of nitro benzene ring substituents is 1. The molecule has 0 unspecified atom stereocenters. The first kappa shape index (κ1) is 15.4. The Hall–Kier alpha value is -2.45. The second-order valence-corrected chi connectivity index (χ2v) is 5.59. The molecule has 1 aliphatic rings. The zero-order valence-corrected chi connectivity index (χ0v) is 13.5. The molecule has 0 aliphatic carbocycles. The van der Waals surface area contributed by atoms with E-state index >= 15 is 0 Å². The Balaban J connectivity index is 1.97. The molecule has 1 aromatic carbocycles. The molecule has 2 heterocycles. The third kappa shape index (κ3) is 3.17. The topological polar surface area (TPSA) is 94.9 Å². The summed E-state index contributed by atoms with van der Waals surface area (Å²) < 4.78 is 10.8. The van der Waals surface area contributed by atoms with Crippen LogP contribution in [0.15, 0.2) is 50.1 Å². The summed E-state index contributed by atoms with van der Waals surface area (Å²) >= 11 is 8.90. The van der Waals surface area contributed by atoms with Gasteiger partial charge in [0.25, 0.3) is 5.69 Å². The van der Waals surface area contributed by atoms with Crippen LogP contribution in [0.3, 0.4) is 0 Å². The molecule has 0 fully saturated rings. The minimum atomic E-state index is -0.676. The third-order valence-corrected chi connectivity index (χ3v) is 3.63. The van der Waals surface area contributed by atoms with Crippen molar-refractivity contribution in [2.45, 2.75) is 0 Å². The number of ether oxygens (including phenoxy) is 1. The Bertz CT molecular complexity index is 887. The van der Waals surface area contributed by atoms with Gasteiger partial charge in [0.05, 0.1) is 4.92 Å². The molecule has 0 amide bonds. The second kappa shape index (κ2) is 5.98. The summed E-state index contributed by atoms with van der Waals surface area (Å²) in [6.07, 6.45) is 1.41. The van der Waals surface area contributed by atoms with Crippen molar-refractivity contribution in [3.8, 4) is 0 Å². The number of hydrogen-bond acceptors (Lipinski definition) is 6. The van der Waals surface area contributed by atoms with E-state index in [4.69, 9.17) is 20.8 Å². The molecule has 3 rings (SSSR count). The average molecular weight is 398 g/mol. The van der Waals surface area contributed by atoms with Crippen LogP contribution in [-0.2, 0) is 9.53 Å². The second-order valence-electron chi connectivity index (χ2n) is 4.40. The van der Waals surface area contributed by atoms with Crippen LogP contribution in [0.1, 0.15) is 11.3 Å². The van der Waals surface area contributed by atoms with Crippen molar-refractivity contribution >= 4 is 51.2 Å². The number of cyclic esters (lactones) is 1. The molecule has 0 saturated carbocycles. The fourth-order valence-corrected chi connectivity index (χ4v) is 2.36. The van der Waals surface area contributed by atoms with Crippen LogP contribution in [-0.4, -0.2) is 16.8 Å². The molecular weight excluding hydrogens is 392 g/mol. The summed E-state index contributed by atoms with van der Waals surface area (Å²) in [6, 6.07) is 7.33. The first-order chi connectivity index (χ1) is 10.9. The Morgan fingerprint density at radius 3 is 2.74 bits per heavy atom. The smallest absolute Gasteiger partial charge is 0.363 e. The zero-order valence-electron chi connectivity index (χ0n) is 11.2. The summed E-state index contributed by atoms with van der Waals surface area (Å²) in [5.74, 6) is -0.298. The van der Waals surface area contributed by atoms with Gasteiger partial charge in [0.2, 0.25) is 5.90 Å². The highest BCUT2D eigenvalue weighted by atomic mass is 79.9. The van der Waals surface area contributed by atoms with Gasteiger partial charge in [-0.2, -0.15) is 0 Å². The summed E-state index contributed by atoms with van der Waals surface area (Å²) in [5.41, 5.74) is 0.00763. The van der Waals surface area contributed by atoms with Crippen LogP contribution >= 0.6 is 27.5 Å². The summed E-state index contributed by atoms with van der Waals surface area (Å²) in [6.45, 7) is 0. The Morgan fingerprint density at radius 2 is 2.09 bits per heavy atom. The Morgan fingerprint density at radius 1 is 1.30 bits per heavy atom. The molecular formula is C14H6BrClN2O5. The monoisotopic (exact) mass is 396 g/mol. The predicted octanol–water partition coefficient (Wildman–Crippen LogP) is 3.95. The number of esters is 1. The van der Waals surface area contributed by atoms with Gasteiger partial charge in [-0.25, -0.2) is 9.79 Å². The molecule has 0 spiro atoms. The number of furan rings is 1. The van der Waals surface area contributed by atoms with E-state index in [1.54, 1.807) is 12.1 Å². The molecule has 1 aromatic heterocycles. The molecule has 0 bridgehead atoms. The maximum absolute atomic E-state index is 11.8. The number of nitro groups is 1. The largest absolute Gasteiger partial charge is 0.450 e. The normalized spacial score (nSPS) is 15.7. The summed E-state index contributed by atoms with van der Waals surface area (Å²) in [7, 11) is 0. The lowest BCUT2D eigenvalue weighted by Gasteiger charge is -2.00. The van der Waals surface area contributed by atoms with E-state index in [0.717, 1.165) is 0 Å². The number of aliphatic imine (C=N–C) groups is 1. The van der Waals surface area contributed by atoms with Crippen molar-refractivity contribution in [1.29, 1.82) is 0 Å². The van der Waals surface area contributed by atoms with E-state index in [1.807, 2.05) is 0 Å². The minimum absolute atomic E-state index is 0.0140. The van der Waals surface area contributed by atoms with Gasteiger partial charge in [-0.15, -0.1) is 0 Å². The predicted molar refractivity (Wildman–Crippen MR) is 85.1 cm³/mol. The quantitative estimate of drug-likeness (QED) is 0.338. The van der Waals surface area contributed by atoms with Crippen LogP contribution < -0.4 is 0 Å². The van der Waals surface area contributed by atoms with Gasteiger partial charge in [-0.05, 0) is 40.2 Å². The van der Waals surface area contributed by atoms with Crippen molar-refractivity contribution in [3.05, 3.63) is 67.2 Å². The molecule has 9 heteroatoms. The van der Waals surface area contributed by atoms with Crippen molar-refractivity contribution in [2.24, 2.45) is 4.99 Å². The molecule has 23 heavy (non-hydrogen) atoms. The summed E-state index contributed by atoms with van der Waals surface area (Å²) in [4.78, 5) is 26.2. The van der Waals surface area contributed by atoms with E-state index in [1.165, 1.54) is 24.3 Å². The molecule has 0 N–H and O–H groups in total. The number of hydrogen-bond donors (Lipinski definition) is 0. The van der Waals surface area contributed by atoms with Crippen molar-refractivity contribution in [1.82, 2.24) is 0 Å². The highest BCUT2D eigenvalue weighted by molar-refractivity contribution is 9.10. The van der Waals surface area contributed by atoms with Gasteiger partial charge < -0.3 is 9.15 Å². The van der Waals surface area contributed by atoms with Gasteiger partial charge in [0.15, 0.2) is 10.4 Å². The number of halogens is 2. The highest BCUT2D eigenvalue weighted by Gasteiger charge is 2.26. The van der Waals surface area contributed by atoms with Crippen LogP contribution in [0.5, 0.6) is 0 Å². The van der Waals surface area contributed by atoms with Gasteiger partial charge in [0.1, 0.15) is 10.8 Å². The van der Waals surface area contributed by atoms with E-state index in [-0.39, 0.29) is 27.9 Å². The Kier molecular flexibility index (Phi) is 4.01. The fraction of sp³-hybridized carbons (Fsp3) is 0. The molecule has 0 saturated heterocycles. The first-order valence-corrected chi connectivity index (χ1v) is 7.33. The number of rotatable bonds is 3. The average Bonchev–Trinajstić information content (AvgIpc) is 3.06. The number of carbonyl (C=O) groups is 1. The van der Waals surface area contributed by atoms with Crippen LogP contribution in [0.25, 0.3) is 6.08 Å². The molecule has 0 radical (unpaired) electrons. The zero-order chi connectivity index (χ0) is 16.6. The molecule has 116 valence electrons. The van der Waals surface area contributed by atoms with E-state index in [9.17, 15) is 14.9 Å². The lowest BCUT2D eigenvalue weighted by Crippen LogP contribution is -2.06. The Labute approximate surface area is 142 Å². The third-order valence-electron chi connectivity index (χ3n) is 2.88.